The molecule has 6 aromatic rings. The molecular formula is C27H20N4O. The number of hydrogen-bond donors (Lipinski definition) is 2. The van der Waals surface area contributed by atoms with E-state index in [9.17, 15) is 0 Å². The van der Waals surface area contributed by atoms with E-state index in [0.717, 1.165) is 55.9 Å². The van der Waals surface area contributed by atoms with E-state index in [0.29, 0.717) is 6.61 Å². The highest BCUT2D eigenvalue weighted by Crippen LogP contribution is 2.29. The molecule has 5 nitrogen and oxygen atoms in total. The molecule has 0 aliphatic rings. The van der Waals surface area contributed by atoms with Gasteiger partial charge in [-0.05, 0) is 47.0 Å². The summed E-state index contributed by atoms with van der Waals surface area (Å²) >= 11 is 0. The van der Waals surface area contributed by atoms with Gasteiger partial charge < -0.3 is 9.72 Å². The van der Waals surface area contributed by atoms with Crippen LogP contribution in [0.4, 0.5) is 0 Å². The Kier molecular flexibility index (Phi) is 4.43. The predicted octanol–water partition coefficient (Wildman–Crippen LogP) is 6.35. The van der Waals surface area contributed by atoms with E-state index in [-0.39, 0.29) is 0 Å². The first-order valence-electron chi connectivity index (χ1n) is 10.5. The van der Waals surface area contributed by atoms with Gasteiger partial charge in [0.15, 0.2) is 5.82 Å². The molecule has 32 heavy (non-hydrogen) atoms. The molecule has 2 N–H and O–H groups in total. The molecule has 0 amide bonds. The average molecular weight is 416 g/mol. The first-order chi connectivity index (χ1) is 15.8. The van der Waals surface area contributed by atoms with Crippen LogP contribution in [-0.4, -0.2) is 20.2 Å². The van der Waals surface area contributed by atoms with Gasteiger partial charge in [-0.25, -0.2) is 4.98 Å². The van der Waals surface area contributed by atoms with Gasteiger partial charge in [-0.3, -0.25) is 5.10 Å². The fourth-order valence-corrected chi connectivity index (χ4v) is 3.93. The Balaban J connectivity index is 1.26. The number of nitrogens with one attached hydrogen (secondary N) is 2. The van der Waals surface area contributed by atoms with Crippen LogP contribution in [0.25, 0.3) is 44.6 Å². The summed E-state index contributed by atoms with van der Waals surface area (Å²) in [4.78, 5) is 8.18. The lowest BCUT2D eigenvalue weighted by Crippen LogP contribution is -1.94. The van der Waals surface area contributed by atoms with Gasteiger partial charge in [0.25, 0.3) is 0 Å². The number of benzene rings is 4. The van der Waals surface area contributed by atoms with Crippen LogP contribution in [0, 0.1) is 0 Å². The van der Waals surface area contributed by atoms with Gasteiger partial charge in [-0.15, -0.1) is 0 Å². The summed E-state index contributed by atoms with van der Waals surface area (Å²) in [6.45, 7) is 0.560. The topological polar surface area (TPSA) is 66.6 Å². The zero-order chi connectivity index (χ0) is 21.3. The molecule has 0 atom stereocenters. The summed E-state index contributed by atoms with van der Waals surface area (Å²) in [5.74, 6) is 1.62. The molecule has 0 spiro atoms. The van der Waals surface area contributed by atoms with Crippen molar-refractivity contribution in [2.45, 2.75) is 6.61 Å². The number of fused-ring (bicyclic) bond motifs is 2. The third-order valence-electron chi connectivity index (χ3n) is 5.61. The molecule has 2 aromatic heterocycles. The number of para-hydroxylation sites is 1. The molecule has 6 rings (SSSR count). The lowest BCUT2D eigenvalue weighted by molar-refractivity contribution is 0.306. The van der Waals surface area contributed by atoms with E-state index in [4.69, 9.17) is 9.72 Å². The summed E-state index contributed by atoms with van der Waals surface area (Å²) < 4.78 is 5.91. The smallest absolute Gasteiger partial charge is 0.159 e. The number of aromatic nitrogens is 4. The second-order valence-corrected chi connectivity index (χ2v) is 7.73. The minimum atomic E-state index is 0.560. The molecule has 0 saturated carbocycles. The maximum atomic E-state index is 5.91. The van der Waals surface area contributed by atoms with Crippen LogP contribution in [0.5, 0.6) is 5.75 Å². The van der Waals surface area contributed by atoms with Crippen LogP contribution in [0.2, 0.25) is 0 Å². The van der Waals surface area contributed by atoms with Crippen molar-refractivity contribution in [1.29, 1.82) is 0 Å². The van der Waals surface area contributed by atoms with Crippen molar-refractivity contribution in [2.24, 2.45) is 0 Å². The number of imidazole rings is 1. The molecule has 0 saturated heterocycles. The second kappa shape index (κ2) is 7.71. The highest BCUT2D eigenvalue weighted by molar-refractivity contribution is 5.93. The molecule has 0 aliphatic carbocycles. The highest BCUT2D eigenvalue weighted by Gasteiger charge is 2.12. The molecule has 0 aliphatic heterocycles. The number of ether oxygens (including phenoxy) is 1. The minimum Gasteiger partial charge on any atom is -0.489 e. The molecule has 0 unspecified atom stereocenters. The minimum absolute atomic E-state index is 0.560. The van der Waals surface area contributed by atoms with Crippen molar-refractivity contribution in [3.8, 4) is 28.4 Å². The Hall–Kier alpha value is -4.38. The van der Waals surface area contributed by atoms with Gasteiger partial charge in [-0.2, -0.15) is 5.10 Å². The van der Waals surface area contributed by atoms with Crippen molar-refractivity contribution >= 4 is 21.9 Å². The van der Waals surface area contributed by atoms with Crippen LogP contribution < -0.4 is 4.74 Å². The maximum absolute atomic E-state index is 5.91. The Morgan fingerprint density at radius 3 is 2.38 bits per heavy atom. The van der Waals surface area contributed by atoms with Gasteiger partial charge >= 0.3 is 0 Å². The van der Waals surface area contributed by atoms with Crippen LogP contribution in [0.15, 0.2) is 97.1 Å². The standard InChI is InChI=1S/C27H20N4O/c1-2-6-18(7-3-1)17-32-21-13-10-19(11-14-21)20-12-15-24-25(16-20)29-27(28-24)26-22-8-4-5-9-23(22)30-31-26/h1-16H,17H2,(H,28,29)(H,30,31). The molecule has 0 bridgehead atoms. The zero-order valence-electron chi connectivity index (χ0n) is 17.2. The monoisotopic (exact) mass is 416 g/mol. The van der Waals surface area contributed by atoms with Crippen molar-refractivity contribution in [3.63, 3.8) is 0 Å². The lowest BCUT2D eigenvalue weighted by Gasteiger charge is -2.07. The largest absolute Gasteiger partial charge is 0.489 e. The molecule has 2 heterocycles. The van der Waals surface area contributed by atoms with E-state index < -0.39 is 0 Å². The molecular weight excluding hydrogens is 396 g/mol. The van der Waals surface area contributed by atoms with Crippen molar-refractivity contribution in [2.75, 3.05) is 0 Å². The number of H-pyrrole nitrogens is 2. The summed E-state index contributed by atoms with van der Waals surface area (Å²) in [6.07, 6.45) is 0. The van der Waals surface area contributed by atoms with E-state index in [2.05, 4.69) is 51.6 Å². The number of aromatic amines is 2. The van der Waals surface area contributed by atoms with Crippen LogP contribution in [0.3, 0.4) is 0 Å². The first kappa shape index (κ1) is 18.4. The molecule has 5 heteroatoms. The van der Waals surface area contributed by atoms with Gasteiger partial charge in [0, 0.05) is 5.39 Å². The predicted molar refractivity (Wildman–Crippen MR) is 127 cm³/mol. The summed E-state index contributed by atoms with van der Waals surface area (Å²) in [6, 6.07) is 32.7. The van der Waals surface area contributed by atoms with Gasteiger partial charge in [0.1, 0.15) is 18.1 Å². The molecule has 154 valence electrons. The third-order valence-corrected chi connectivity index (χ3v) is 5.61. The zero-order valence-corrected chi connectivity index (χ0v) is 17.2. The van der Waals surface area contributed by atoms with Gasteiger partial charge in [0.2, 0.25) is 0 Å². The normalized spacial score (nSPS) is 11.2. The van der Waals surface area contributed by atoms with Gasteiger partial charge in [0.05, 0.1) is 16.6 Å². The van der Waals surface area contributed by atoms with Crippen LogP contribution in [0.1, 0.15) is 5.56 Å². The maximum Gasteiger partial charge on any atom is 0.159 e. The molecule has 0 radical (unpaired) electrons. The van der Waals surface area contributed by atoms with E-state index in [1.54, 1.807) is 0 Å². The van der Waals surface area contributed by atoms with Crippen molar-refractivity contribution in [1.82, 2.24) is 20.2 Å². The quantitative estimate of drug-likeness (QED) is 0.344. The van der Waals surface area contributed by atoms with Crippen molar-refractivity contribution in [3.05, 3.63) is 103 Å². The summed E-state index contributed by atoms with van der Waals surface area (Å²) in [7, 11) is 0. The Morgan fingerprint density at radius 2 is 1.50 bits per heavy atom. The highest BCUT2D eigenvalue weighted by atomic mass is 16.5. The Morgan fingerprint density at radius 1 is 0.719 bits per heavy atom. The Labute approximate surface area is 184 Å². The lowest BCUT2D eigenvalue weighted by atomic mass is 10.1. The van der Waals surface area contributed by atoms with Crippen LogP contribution >= 0.6 is 0 Å². The van der Waals surface area contributed by atoms with E-state index in [1.165, 1.54) is 0 Å². The number of nitrogens with zero attached hydrogens (tertiary/aromatic N) is 2. The average Bonchev–Trinajstić information content (AvgIpc) is 3.47. The fraction of sp³-hybridized carbons (Fsp3) is 0.0370. The number of hydrogen-bond acceptors (Lipinski definition) is 3. The van der Waals surface area contributed by atoms with Gasteiger partial charge in [-0.1, -0.05) is 66.7 Å². The summed E-state index contributed by atoms with van der Waals surface area (Å²) in [5, 5.41) is 8.58. The van der Waals surface area contributed by atoms with E-state index in [1.807, 2.05) is 60.7 Å². The molecule has 0 fully saturated rings. The fourth-order valence-electron chi connectivity index (χ4n) is 3.93. The molecule has 4 aromatic carbocycles. The SMILES string of the molecule is c1ccc(COc2ccc(-c3ccc4nc(-c5n[nH]c6ccccc56)[nH]c4c3)cc2)cc1. The van der Waals surface area contributed by atoms with E-state index >= 15 is 0 Å². The second-order valence-electron chi connectivity index (χ2n) is 7.73. The third kappa shape index (κ3) is 3.40. The van der Waals surface area contributed by atoms with Crippen LogP contribution in [-0.2, 0) is 6.61 Å². The number of rotatable bonds is 5. The Bertz CT molecular complexity index is 1510. The van der Waals surface area contributed by atoms with Crippen molar-refractivity contribution < 1.29 is 4.74 Å². The summed E-state index contributed by atoms with van der Waals surface area (Å²) in [5.41, 5.74) is 7.13. The first-order valence-corrected chi connectivity index (χ1v) is 10.5.